The lowest BCUT2D eigenvalue weighted by atomic mass is 9.93. The molecule has 82 valence electrons. The van der Waals surface area contributed by atoms with Gasteiger partial charge >= 0.3 is 0 Å². The number of aromatic nitrogens is 1. The number of nitrogens with one attached hydrogen (secondary N) is 2. The van der Waals surface area contributed by atoms with Crippen molar-refractivity contribution >= 4 is 5.69 Å². The SMILES string of the molecule is CC(Nc1ccncc1)C1CCCNC1. The number of anilines is 1. The van der Waals surface area contributed by atoms with E-state index in [1.807, 2.05) is 24.5 Å². The van der Waals surface area contributed by atoms with Gasteiger partial charge in [-0.05, 0) is 50.9 Å². The Bertz CT molecular complexity index is 280. The monoisotopic (exact) mass is 205 g/mol. The van der Waals surface area contributed by atoms with Gasteiger partial charge in [0.15, 0.2) is 0 Å². The van der Waals surface area contributed by atoms with Crippen LogP contribution in [-0.2, 0) is 0 Å². The van der Waals surface area contributed by atoms with Gasteiger partial charge in [-0.1, -0.05) is 0 Å². The fourth-order valence-corrected chi connectivity index (χ4v) is 2.13. The van der Waals surface area contributed by atoms with E-state index < -0.39 is 0 Å². The van der Waals surface area contributed by atoms with Gasteiger partial charge in [0.05, 0.1) is 0 Å². The molecule has 2 unspecified atom stereocenters. The molecule has 2 rings (SSSR count). The van der Waals surface area contributed by atoms with E-state index in [0.717, 1.165) is 12.5 Å². The third kappa shape index (κ3) is 2.93. The number of rotatable bonds is 3. The molecule has 0 saturated carbocycles. The number of hydrogen-bond donors (Lipinski definition) is 2. The van der Waals surface area contributed by atoms with Crippen molar-refractivity contribution in [1.82, 2.24) is 10.3 Å². The van der Waals surface area contributed by atoms with Crippen LogP contribution in [0.25, 0.3) is 0 Å². The fourth-order valence-electron chi connectivity index (χ4n) is 2.13. The first-order chi connectivity index (χ1) is 7.36. The van der Waals surface area contributed by atoms with Crippen LogP contribution in [0.1, 0.15) is 19.8 Å². The average Bonchev–Trinajstić information content (AvgIpc) is 2.31. The molecule has 0 radical (unpaired) electrons. The third-order valence-corrected chi connectivity index (χ3v) is 3.12. The molecular formula is C12H19N3. The summed E-state index contributed by atoms with van der Waals surface area (Å²) in [5, 5.41) is 6.98. The molecular weight excluding hydrogens is 186 g/mol. The lowest BCUT2D eigenvalue weighted by Crippen LogP contribution is -2.38. The van der Waals surface area contributed by atoms with E-state index in [1.54, 1.807) is 0 Å². The molecule has 1 aromatic heterocycles. The zero-order valence-electron chi connectivity index (χ0n) is 9.24. The van der Waals surface area contributed by atoms with Gasteiger partial charge in [0, 0.05) is 24.1 Å². The van der Waals surface area contributed by atoms with E-state index in [2.05, 4.69) is 22.5 Å². The van der Waals surface area contributed by atoms with Gasteiger partial charge in [0.1, 0.15) is 0 Å². The van der Waals surface area contributed by atoms with Crippen molar-refractivity contribution in [1.29, 1.82) is 0 Å². The second kappa shape index (κ2) is 5.12. The van der Waals surface area contributed by atoms with Crippen molar-refractivity contribution in [3.05, 3.63) is 24.5 Å². The Kier molecular flexibility index (Phi) is 3.56. The Labute approximate surface area is 91.3 Å². The first-order valence-electron chi connectivity index (χ1n) is 5.73. The summed E-state index contributed by atoms with van der Waals surface area (Å²) >= 11 is 0. The second-order valence-electron chi connectivity index (χ2n) is 4.28. The maximum Gasteiger partial charge on any atom is 0.0373 e. The van der Waals surface area contributed by atoms with E-state index in [4.69, 9.17) is 0 Å². The molecule has 15 heavy (non-hydrogen) atoms. The standard InChI is InChI=1S/C12H19N3/c1-10(11-3-2-6-14-9-11)15-12-4-7-13-8-5-12/h4-5,7-8,10-11,14H,2-3,6,9H2,1H3,(H,13,15). The smallest absolute Gasteiger partial charge is 0.0373 e. The van der Waals surface area contributed by atoms with Gasteiger partial charge in [-0.15, -0.1) is 0 Å². The Morgan fingerprint density at radius 3 is 2.93 bits per heavy atom. The molecule has 2 N–H and O–H groups in total. The molecule has 1 saturated heterocycles. The first kappa shape index (κ1) is 10.4. The molecule has 0 aliphatic carbocycles. The Morgan fingerprint density at radius 2 is 2.27 bits per heavy atom. The summed E-state index contributed by atoms with van der Waals surface area (Å²) in [5.41, 5.74) is 1.17. The molecule has 1 fully saturated rings. The van der Waals surface area contributed by atoms with Gasteiger partial charge in [-0.2, -0.15) is 0 Å². The van der Waals surface area contributed by atoms with Crippen LogP contribution in [0.2, 0.25) is 0 Å². The summed E-state index contributed by atoms with van der Waals surface area (Å²) in [5.74, 6) is 0.743. The lowest BCUT2D eigenvalue weighted by molar-refractivity contribution is 0.347. The number of pyridine rings is 1. The molecule has 1 aliphatic rings. The number of nitrogens with zero attached hydrogens (tertiary/aromatic N) is 1. The highest BCUT2D eigenvalue weighted by atomic mass is 15.0. The van der Waals surface area contributed by atoms with Crippen LogP contribution in [-0.4, -0.2) is 24.1 Å². The maximum absolute atomic E-state index is 4.01. The number of hydrogen-bond acceptors (Lipinski definition) is 3. The molecule has 1 aromatic rings. The zero-order valence-corrected chi connectivity index (χ0v) is 9.24. The van der Waals surface area contributed by atoms with Crippen LogP contribution in [0.3, 0.4) is 0 Å². The topological polar surface area (TPSA) is 37.0 Å². The van der Waals surface area contributed by atoms with E-state index in [1.165, 1.54) is 25.1 Å². The van der Waals surface area contributed by atoms with Crippen molar-refractivity contribution in [3.63, 3.8) is 0 Å². The van der Waals surface area contributed by atoms with E-state index >= 15 is 0 Å². The van der Waals surface area contributed by atoms with Gasteiger partial charge in [-0.25, -0.2) is 0 Å². The highest BCUT2D eigenvalue weighted by molar-refractivity contribution is 5.41. The minimum Gasteiger partial charge on any atom is -0.382 e. The van der Waals surface area contributed by atoms with Crippen LogP contribution >= 0.6 is 0 Å². The van der Waals surface area contributed by atoms with Crippen molar-refractivity contribution in [2.75, 3.05) is 18.4 Å². The third-order valence-electron chi connectivity index (χ3n) is 3.12. The summed E-state index contributed by atoms with van der Waals surface area (Å²) in [6.45, 7) is 4.58. The highest BCUT2D eigenvalue weighted by Crippen LogP contribution is 2.17. The lowest BCUT2D eigenvalue weighted by Gasteiger charge is -2.29. The molecule has 3 heteroatoms. The van der Waals surface area contributed by atoms with Gasteiger partial charge in [-0.3, -0.25) is 4.98 Å². The summed E-state index contributed by atoms with van der Waals surface area (Å²) in [6.07, 6.45) is 6.28. The zero-order chi connectivity index (χ0) is 10.5. The minimum absolute atomic E-state index is 0.528. The Balaban J connectivity index is 1.88. The predicted molar refractivity (Wildman–Crippen MR) is 62.9 cm³/mol. The molecule has 0 aromatic carbocycles. The van der Waals surface area contributed by atoms with Gasteiger partial charge in [0.2, 0.25) is 0 Å². The minimum atomic E-state index is 0.528. The molecule has 0 spiro atoms. The van der Waals surface area contributed by atoms with Crippen LogP contribution in [0, 0.1) is 5.92 Å². The largest absolute Gasteiger partial charge is 0.382 e. The summed E-state index contributed by atoms with van der Waals surface area (Å²) < 4.78 is 0. The quantitative estimate of drug-likeness (QED) is 0.791. The van der Waals surface area contributed by atoms with Crippen LogP contribution in [0.5, 0.6) is 0 Å². The second-order valence-corrected chi connectivity index (χ2v) is 4.28. The number of piperidine rings is 1. The molecule has 2 heterocycles. The Morgan fingerprint density at radius 1 is 1.47 bits per heavy atom. The van der Waals surface area contributed by atoms with Crippen molar-refractivity contribution in [3.8, 4) is 0 Å². The molecule has 0 bridgehead atoms. The van der Waals surface area contributed by atoms with Gasteiger partial charge in [0.25, 0.3) is 0 Å². The molecule has 3 nitrogen and oxygen atoms in total. The van der Waals surface area contributed by atoms with Crippen LogP contribution in [0.4, 0.5) is 5.69 Å². The van der Waals surface area contributed by atoms with E-state index in [9.17, 15) is 0 Å². The summed E-state index contributed by atoms with van der Waals surface area (Å²) in [6, 6.07) is 4.57. The normalized spacial score (nSPS) is 23.4. The van der Waals surface area contributed by atoms with Crippen molar-refractivity contribution in [2.45, 2.75) is 25.8 Å². The summed E-state index contributed by atoms with van der Waals surface area (Å²) in [7, 11) is 0. The van der Waals surface area contributed by atoms with Crippen LogP contribution < -0.4 is 10.6 Å². The average molecular weight is 205 g/mol. The highest BCUT2D eigenvalue weighted by Gasteiger charge is 2.19. The van der Waals surface area contributed by atoms with Crippen molar-refractivity contribution in [2.24, 2.45) is 5.92 Å². The Hall–Kier alpha value is -1.09. The van der Waals surface area contributed by atoms with Gasteiger partial charge < -0.3 is 10.6 Å². The maximum atomic E-state index is 4.01. The molecule has 1 aliphatic heterocycles. The fraction of sp³-hybridized carbons (Fsp3) is 0.583. The summed E-state index contributed by atoms with van der Waals surface area (Å²) in [4.78, 5) is 4.01. The van der Waals surface area contributed by atoms with E-state index in [0.29, 0.717) is 6.04 Å². The molecule has 2 atom stereocenters. The predicted octanol–water partition coefficient (Wildman–Crippen LogP) is 1.88. The van der Waals surface area contributed by atoms with E-state index in [-0.39, 0.29) is 0 Å². The van der Waals surface area contributed by atoms with Crippen molar-refractivity contribution < 1.29 is 0 Å². The first-order valence-corrected chi connectivity index (χ1v) is 5.73. The van der Waals surface area contributed by atoms with Crippen LogP contribution in [0.15, 0.2) is 24.5 Å². The molecule has 0 amide bonds.